The summed E-state index contributed by atoms with van der Waals surface area (Å²) in [5.74, 6) is 0.713. The highest BCUT2D eigenvalue weighted by Crippen LogP contribution is 2.37. The summed E-state index contributed by atoms with van der Waals surface area (Å²) in [4.78, 5) is 20.7. The molecule has 10 heteroatoms. The second-order valence-corrected chi connectivity index (χ2v) is 8.46. The maximum atomic E-state index is 13.9. The number of aromatic nitrogens is 2. The summed E-state index contributed by atoms with van der Waals surface area (Å²) in [5, 5.41) is 0. The lowest BCUT2D eigenvalue weighted by Crippen LogP contribution is -2.54. The van der Waals surface area contributed by atoms with Crippen molar-refractivity contribution >= 4 is 11.8 Å². The Morgan fingerprint density at radius 1 is 1.21 bits per heavy atom. The highest BCUT2D eigenvalue weighted by Gasteiger charge is 2.48. The molecule has 0 N–H and O–H groups in total. The molecule has 0 aromatic carbocycles. The van der Waals surface area contributed by atoms with E-state index in [1.807, 2.05) is 4.90 Å². The van der Waals surface area contributed by atoms with Crippen molar-refractivity contribution in [3.63, 3.8) is 0 Å². The molecule has 2 bridgehead atoms. The minimum Gasteiger partial charge on any atom is -0.381 e. The van der Waals surface area contributed by atoms with Gasteiger partial charge in [-0.25, -0.2) is 0 Å². The Balaban J connectivity index is 1.51. The monoisotopic (exact) mass is 414 g/mol. The molecule has 0 amide bonds. The molecule has 29 heavy (non-hydrogen) atoms. The van der Waals surface area contributed by atoms with Gasteiger partial charge in [0.2, 0.25) is 5.95 Å². The second kappa shape index (κ2) is 7.16. The van der Waals surface area contributed by atoms with Crippen LogP contribution in [0.15, 0.2) is 10.9 Å². The number of alkyl halides is 3. The highest BCUT2D eigenvalue weighted by molar-refractivity contribution is 5.49. The number of rotatable bonds is 3. The van der Waals surface area contributed by atoms with E-state index in [9.17, 15) is 18.0 Å². The van der Waals surface area contributed by atoms with Crippen molar-refractivity contribution in [1.82, 2.24) is 9.55 Å². The third-order valence-electron chi connectivity index (χ3n) is 6.60. The van der Waals surface area contributed by atoms with Gasteiger partial charge >= 0.3 is 6.18 Å². The molecule has 0 unspecified atom stereocenters. The van der Waals surface area contributed by atoms with Gasteiger partial charge in [-0.05, 0) is 31.6 Å². The Morgan fingerprint density at radius 3 is 2.66 bits per heavy atom. The Bertz CT molecular complexity index is 824. The van der Waals surface area contributed by atoms with Crippen LogP contribution in [0.1, 0.15) is 25.7 Å². The third kappa shape index (κ3) is 3.50. The standard InChI is InChI=1S/C19H25F3N4O3/c20-19(21,22)15-1-4-24-17(27)8-16(25-10-14-7-13(25)11-29-14)23-18(24)26(15)9-12-2-5-28-6-3-12/h8,12-15H,1-7,9-11H2/t13-,14-,15-/m0/s1. The van der Waals surface area contributed by atoms with Crippen molar-refractivity contribution in [2.24, 2.45) is 5.92 Å². The quantitative estimate of drug-likeness (QED) is 0.752. The topological polar surface area (TPSA) is 59.8 Å². The molecule has 0 aliphatic carbocycles. The van der Waals surface area contributed by atoms with Gasteiger partial charge in [-0.2, -0.15) is 18.2 Å². The first-order chi connectivity index (χ1) is 13.9. The number of nitrogens with zero attached hydrogens (tertiary/aromatic N) is 4. The molecular formula is C19H25F3N4O3. The Kier molecular flexibility index (Phi) is 4.73. The molecule has 0 saturated carbocycles. The molecule has 0 radical (unpaired) electrons. The molecule has 3 saturated heterocycles. The fourth-order valence-corrected chi connectivity index (χ4v) is 5.04. The van der Waals surface area contributed by atoms with Gasteiger partial charge in [-0.3, -0.25) is 9.36 Å². The molecule has 1 aromatic heterocycles. The van der Waals surface area contributed by atoms with Crippen molar-refractivity contribution in [3.8, 4) is 0 Å². The van der Waals surface area contributed by atoms with Gasteiger partial charge in [0.1, 0.15) is 11.9 Å². The van der Waals surface area contributed by atoms with Crippen LogP contribution in [0.3, 0.4) is 0 Å². The summed E-state index contributed by atoms with van der Waals surface area (Å²) >= 11 is 0. The van der Waals surface area contributed by atoms with E-state index in [1.54, 1.807) is 0 Å². The number of anilines is 2. The van der Waals surface area contributed by atoms with E-state index in [2.05, 4.69) is 4.98 Å². The minimum atomic E-state index is -4.37. The molecule has 5 heterocycles. The zero-order chi connectivity index (χ0) is 20.2. The first-order valence-corrected chi connectivity index (χ1v) is 10.3. The molecule has 4 aliphatic heterocycles. The summed E-state index contributed by atoms with van der Waals surface area (Å²) < 4.78 is 53.9. The molecule has 7 nitrogen and oxygen atoms in total. The summed E-state index contributed by atoms with van der Waals surface area (Å²) in [5.41, 5.74) is -0.286. The van der Waals surface area contributed by atoms with Crippen LogP contribution in [0.2, 0.25) is 0 Å². The lowest BCUT2D eigenvalue weighted by molar-refractivity contribution is -0.153. The fraction of sp³-hybridized carbons (Fsp3) is 0.789. The van der Waals surface area contributed by atoms with Crippen molar-refractivity contribution < 1.29 is 22.6 Å². The van der Waals surface area contributed by atoms with Crippen LogP contribution in [0.4, 0.5) is 24.9 Å². The number of fused-ring (bicyclic) bond motifs is 3. The lowest BCUT2D eigenvalue weighted by Gasteiger charge is -2.41. The number of morpholine rings is 1. The van der Waals surface area contributed by atoms with Gasteiger partial charge in [-0.15, -0.1) is 0 Å². The van der Waals surface area contributed by atoms with Crippen molar-refractivity contribution in [3.05, 3.63) is 16.4 Å². The summed E-state index contributed by atoms with van der Waals surface area (Å²) in [6, 6.07) is -0.0168. The van der Waals surface area contributed by atoms with Crippen molar-refractivity contribution in [1.29, 1.82) is 0 Å². The van der Waals surface area contributed by atoms with Crippen LogP contribution in [0, 0.1) is 5.92 Å². The largest absolute Gasteiger partial charge is 0.408 e. The fourth-order valence-electron chi connectivity index (χ4n) is 5.04. The molecule has 4 aliphatic rings. The van der Waals surface area contributed by atoms with Gasteiger partial charge in [0.25, 0.3) is 5.56 Å². The molecule has 3 fully saturated rings. The molecule has 0 spiro atoms. The van der Waals surface area contributed by atoms with E-state index in [-0.39, 0.29) is 49.1 Å². The molecule has 5 rings (SSSR count). The summed E-state index contributed by atoms with van der Waals surface area (Å²) in [7, 11) is 0. The number of ether oxygens (including phenoxy) is 2. The first-order valence-electron chi connectivity index (χ1n) is 10.3. The van der Waals surface area contributed by atoms with Gasteiger partial charge < -0.3 is 19.3 Å². The predicted molar refractivity (Wildman–Crippen MR) is 99.3 cm³/mol. The SMILES string of the molecule is O=c1cc(N2C[C@@H]3C[C@H]2CO3)nc2n1CC[C@@H](C(F)(F)F)N2CC1CCOCC1. The van der Waals surface area contributed by atoms with Crippen LogP contribution in [0.25, 0.3) is 0 Å². The van der Waals surface area contributed by atoms with E-state index >= 15 is 0 Å². The summed E-state index contributed by atoms with van der Waals surface area (Å²) in [6.45, 7) is 2.59. The van der Waals surface area contributed by atoms with E-state index in [0.717, 1.165) is 19.3 Å². The number of halogens is 3. The van der Waals surface area contributed by atoms with E-state index in [4.69, 9.17) is 9.47 Å². The minimum absolute atomic E-state index is 0.0328. The molecular weight excluding hydrogens is 389 g/mol. The zero-order valence-electron chi connectivity index (χ0n) is 16.1. The maximum Gasteiger partial charge on any atom is 0.408 e. The van der Waals surface area contributed by atoms with Crippen LogP contribution >= 0.6 is 0 Å². The van der Waals surface area contributed by atoms with E-state index in [1.165, 1.54) is 15.5 Å². The van der Waals surface area contributed by atoms with E-state index < -0.39 is 12.2 Å². The van der Waals surface area contributed by atoms with E-state index in [0.29, 0.717) is 32.2 Å². The van der Waals surface area contributed by atoms with Crippen LogP contribution in [-0.2, 0) is 16.0 Å². The summed E-state index contributed by atoms with van der Waals surface area (Å²) in [6.07, 6.45) is -2.08. The highest BCUT2D eigenvalue weighted by atomic mass is 19.4. The average Bonchev–Trinajstić information content (AvgIpc) is 3.32. The molecule has 1 aromatic rings. The molecule has 160 valence electrons. The third-order valence-corrected chi connectivity index (χ3v) is 6.60. The number of hydrogen-bond acceptors (Lipinski definition) is 6. The van der Waals surface area contributed by atoms with Gasteiger partial charge in [-0.1, -0.05) is 0 Å². The van der Waals surface area contributed by atoms with Crippen LogP contribution in [0.5, 0.6) is 0 Å². The van der Waals surface area contributed by atoms with Crippen molar-refractivity contribution in [2.45, 2.75) is 56.6 Å². The predicted octanol–water partition coefficient (Wildman–Crippen LogP) is 1.79. The molecule has 3 atom stereocenters. The normalized spacial score (nSPS) is 30.1. The van der Waals surface area contributed by atoms with Crippen molar-refractivity contribution in [2.75, 3.05) is 42.7 Å². The van der Waals surface area contributed by atoms with Crippen LogP contribution in [-0.4, -0.2) is 66.8 Å². The Morgan fingerprint density at radius 2 is 2.00 bits per heavy atom. The average molecular weight is 414 g/mol. The lowest BCUT2D eigenvalue weighted by atomic mass is 9.98. The maximum absolute atomic E-state index is 13.9. The zero-order valence-corrected chi connectivity index (χ0v) is 16.1. The van der Waals surface area contributed by atoms with Gasteiger partial charge in [0.15, 0.2) is 0 Å². The Hall–Kier alpha value is -1.81. The smallest absolute Gasteiger partial charge is 0.381 e. The van der Waals surface area contributed by atoms with Crippen LogP contribution < -0.4 is 15.4 Å². The second-order valence-electron chi connectivity index (χ2n) is 8.46. The Labute approximate surface area is 166 Å². The van der Waals surface area contributed by atoms with Gasteiger partial charge in [0, 0.05) is 38.9 Å². The first kappa shape index (κ1) is 19.2. The number of hydrogen-bond donors (Lipinski definition) is 0. The van der Waals surface area contributed by atoms with Gasteiger partial charge in [0.05, 0.1) is 18.8 Å².